The molecule has 28 heavy (non-hydrogen) atoms. The van der Waals surface area contributed by atoms with Crippen molar-refractivity contribution < 1.29 is 14.3 Å². The zero-order chi connectivity index (χ0) is 19.7. The third-order valence-corrected chi connectivity index (χ3v) is 6.38. The number of carbonyl (C=O) groups is 2. The molecule has 1 heterocycles. The molecule has 1 aliphatic heterocycles. The van der Waals surface area contributed by atoms with Crippen molar-refractivity contribution in [1.29, 1.82) is 0 Å². The van der Waals surface area contributed by atoms with Crippen LogP contribution in [0, 0.1) is 0 Å². The Bertz CT molecular complexity index is 864. The van der Waals surface area contributed by atoms with Crippen LogP contribution in [-0.4, -0.2) is 17.9 Å². The Balaban J connectivity index is 1.75. The number of benzene rings is 1. The summed E-state index contributed by atoms with van der Waals surface area (Å²) in [4.78, 5) is 26.1. The quantitative estimate of drug-likeness (QED) is 0.711. The summed E-state index contributed by atoms with van der Waals surface area (Å²) in [6.45, 7) is 1.89. The molecule has 1 aromatic carbocycles. The Kier molecular flexibility index (Phi) is 5.58. The van der Waals surface area contributed by atoms with Crippen LogP contribution < -0.4 is 5.32 Å². The average Bonchev–Trinajstić information content (AvgIpc) is 2.68. The zero-order valence-corrected chi connectivity index (χ0v) is 17.0. The summed E-state index contributed by atoms with van der Waals surface area (Å²) in [6, 6.07) is 7.48. The van der Waals surface area contributed by atoms with Crippen LogP contribution in [0.3, 0.4) is 0 Å². The first-order chi connectivity index (χ1) is 13.6. The second-order valence-electron chi connectivity index (χ2n) is 7.95. The number of carbonyl (C=O) groups excluding carboxylic acids is 2. The molecular weight excluding hydrogens is 374 g/mol. The molecule has 0 aromatic heterocycles. The van der Waals surface area contributed by atoms with Gasteiger partial charge in [-0.05, 0) is 57.1 Å². The summed E-state index contributed by atoms with van der Waals surface area (Å²) in [6.07, 6.45) is 7.32. The minimum Gasteiger partial charge on any atom is -0.459 e. The van der Waals surface area contributed by atoms with Crippen LogP contribution in [-0.2, 0) is 14.3 Å². The van der Waals surface area contributed by atoms with E-state index in [1.165, 1.54) is 6.42 Å². The summed E-state index contributed by atoms with van der Waals surface area (Å²) in [7, 11) is 0. The van der Waals surface area contributed by atoms with Crippen molar-refractivity contribution in [1.82, 2.24) is 5.32 Å². The van der Waals surface area contributed by atoms with E-state index in [4.69, 9.17) is 16.3 Å². The van der Waals surface area contributed by atoms with Crippen molar-refractivity contribution in [2.75, 3.05) is 0 Å². The van der Waals surface area contributed by atoms with Crippen molar-refractivity contribution in [2.45, 2.75) is 70.3 Å². The van der Waals surface area contributed by atoms with Crippen LogP contribution >= 0.6 is 11.6 Å². The first-order valence-electron chi connectivity index (χ1n) is 10.3. The number of Topliss-reactive ketones (excluding diaryl/α,β-unsaturated/α-hetero) is 1. The monoisotopic (exact) mass is 399 g/mol. The summed E-state index contributed by atoms with van der Waals surface area (Å²) in [5.41, 5.74) is 3.68. The van der Waals surface area contributed by atoms with Crippen molar-refractivity contribution >= 4 is 23.4 Å². The van der Waals surface area contributed by atoms with E-state index in [0.717, 1.165) is 55.5 Å². The van der Waals surface area contributed by atoms with Crippen LogP contribution in [0.25, 0.3) is 0 Å². The van der Waals surface area contributed by atoms with Crippen LogP contribution in [0.5, 0.6) is 0 Å². The molecule has 3 aliphatic rings. The molecule has 0 amide bonds. The highest BCUT2D eigenvalue weighted by Gasteiger charge is 2.40. The molecular formula is C23H26ClNO3. The van der Waals surface area contributed by atoms with Gasteiger partial charge in [-0.15, -0.1) is 0 Å². The number of hydrogen-bond acceptors (Lipinski definition) is 4. The Morgan fingerprint density at radius 1 is 1.11 bits per heavy atom. The average molecular weight is 400 g/mol. The fourth-order valence-corrected chi connectivity index (χ4v) is 4.92. The number of ether oxygens (including phenoxy) is 1. The lowest BCUT2D eigenvalue weighted by molar-refractivity contribution is -0.146. The number of rotatable bonds is 3. The van der Waals surface area contributed by atoms with Crippen LogP contribution in [0.15, 0.2) is 46.8 Å². The third-order valence-electron chi connectivity index (χ3n) is 6.04. The number of ketones is 1. The summed E-state index contributed by atoms with van der Waals surface area (Å²) < 4.78 is 5.89. The molecule has 4 rings (SSSR count). The predicted molar refractivity (Wildman–Crippen MR) is 109 cm³/mol. The Morgan fingerprint density at radius 2 is 1.86 bits per heavy atom. The van der Waals surface area contributed by atoms with Gasteiger partial charge in [0.25, 0.3) is 0 Å². The van der Waals surface area contributed by atoms with Crippen molar-refractivity contribution in [3.63, 3.8) is 0 Å². The van der Waals surface area contributed by atoms with E-state index >= 15 is 0 Å². The van der Waals surface area contributed by atoms with Gasteiger partial charge in [0, 0.05) is 34.3 Å². The van der Waals surface area contributed by atoms with E-state index in [1.807, 2.05) is 31.2 Å². The molecule has 1 fully saturated rings. The number of dihydropyridines is 1. The minimum absolute atomic E-state index is 0.0362. The van der Waals surface area contributed by atoms with Crippen LogP contribution in [0.1, 0.15) is 69.8 Å². The smallest absolute Gasteiger partial charge is 0.337 e. The number of nitrogens with one attached hydrogen (secondary N) is 1. The van der Waals surface area contributed by atoms with Gasteiger partial charge in [-0.25, -0.2) is 4.79 Å². The van der Waals surface area contributed by atoms with Crippen LogP contribution in [0.4, 0.5) is 0 Å². The third kappa shape index (κ3) is 3.62. The summed E-state index contributed by atoms with van der Waals surface area (Å²) in [5, 5.41) is 3.90. The highest BCUT2D eigenvalue weighted by molar-refractivity contribution is 6.31. The number of hydrogen-bond donors (Lipinski definition) is 1. The number of esters is 1. The van der Waals surface area contributed by atoms with E-state index in [2.05, 4.69) is 5.32 Å². The Morgan fingerprint density at radius 3 is 2.61 bits per heavy atom. The lowest BCUT2D eigenvalue weighted by Crippen LogP contribution is -2.35. The van der Waals surface area contributed by atoms with E-state index in [0.29, 0.717) is 22.6 Å². The van der Waals surface area contributed by atoms with Gasteiger partial charge in [-0.3, -0.25) is 4.79 Å². The molecule has 4 nitrogen and oxygen atoms in total. The maximum Gasteiger partial charge on any atom is 0.337 e. The van der Waals surface area contributed by atoms with Crippen molar-refractivity contribution in [2.24, 2.45) is 0 Å². The summed E-state index contributed by atoms with van der Waals surface area (Å²) >= 11 is 6.52. The Labute approximate surface area is 171 Å². The molecule has 5 heteroatoms. The topological polar surface area (TPSA) is 55.4 Å². The first-order valence-corrected chi connectivity index (χ1v) is 10.6. The fourth-order valence-electron chi connectivity index (χ4n) is 4.67. The van der Waals surface area contributed by atoms with Gasteiger partial charge in [-0.1, -0.05) is 36.2 Å². The molecule has 1 N–H and O–H groups in total. The second kappa shape index (κ2) is 8.12. The zero-order valence-electron chi connectivity index (χ0n) is 16.2. The van der Waals surface area contributed by atoms with Crippen LogP contribution in [0.2, 0.25) is 5.02 Å². The van der Waals surface area contributed by atoms with Gasteiger partial charge < -0.3 is 10.1 Å². The van der Waals surface area contributed by atoms with E-state index in [9.17, 15) is 9.59 Å². The largest absolute Gasteiger partial charge is 0.459 e. The molecule has 1 aromatic rings. The van der Waals surface area contributed by atoms with Crippen molar-refractivity contribution in [3.05, 3.63) is 57.4 Å². The molecule has 2 aliphatic carbocycles. The number of allylic oxidation sites excluding steroid dienone is 3. The van der Waals surface area contributed by atoms with E-state index in [-0.39, 0.29) is 17.9 Å². The lowest BCUT2D eigenvalue weighted by atomic mass is 9.75. The van der Waals surface area contributed by atoms with Crippen molar-refractivity contribution in [3.8, 4) is 0 Å². The van der Waals surface area contributed by atoms with Gasteiger partial charge >= 0.3 is 5.97 Å². The molecule has 1 atom stereocenters. The van der Waals surface area contributed by atoms with Gasteiger partial charge in [0.15, 0.2) is 5.78 Å². The molecule has 0 radical (unpaired) electrons. The summed E-state index contributed by atoms with van der Waals surface area (Å²) in [5.74, 6) is -0.699. The van der Waals surface area contributed by atoms with Gasteiger partial charge in [0.2, 0.25) is 0 Å². The molecule has 1 saturated carbocycles. The first kappa shape index (κ1) is 19.3. The molecule has 0 saturated heterocycles. The number of halogens is 1. The molecule has 148 valence electrons. The van der Waals surface area contributed by atoms with Gasteiger partial charge in [0.1, 0.15) is 6.10 Å². The van der Waals surface area contributed by atoms with E-state index in [1.54, 1.807) is 0 Å². The highest BCUT2D eigenvalue weighted by Crippen LogP contribution is 2.44. The lowest BCUT2D eigenvalue weighted by Gasteiger charge is -2.35. The fraction of sp³-hybridized carbons (Fsp3) is 0.478. The maximum atomic E-state index is 13.3. The Hall–Kier alpha value is -2.07. The molecule has 0 bridgehead atoms. The van der Waals surface area contributed by atoms with Gasteiger partial charge in [0.05, 0.1) is 5.57 Å². The standard InChI is InChI=1S/C23H26ClNO3/c1-14-20(23(27)28-15-8-3-2-4-9-15)21(16-10-5-6-11-17(16)24)22-18(25-14)12-7-13-19(22)26/h5-6,10-11,15,21,25H,2-4,7-9,12-13H2,1H3/t21-/m1/s1. The molecule has 0 unspecified atom stereocenters. The van der Waals surface area contributed by atoms with E-state index < -0.39 is 5.92 Å². The SMILES string of the molecule is CC1=C(C(=O)OC2CCCCC2)[C@@H](c2ccccc2Cl)C2=C(CCCC2=O)N1. The maximum absolute atomic E-state index is 13.3. The minimum atomic E-state index is -0.464. The highest BCUT2D eigenvalue weighted by atomic mass is 35.5. The normalized spacial score (nSPS) is 23.4. The predicted octanol–water partition coefficient (Wildman–Crippen LogP) is 5.18. The second-order valence-corrected chi connectivity index (χ2v) is 8.36. The molecule has 0 spiro atoms. The van der Waals surface area contributed by atoms with Gasteiger partial charge in [-0.2, -0.15) is 0 Å².